The fourth-order valence-electron chi connectivity index (χ4n) is 4.59. The van der Waals surface area contributed by atoms with Crippen molar-refractivity contribution in [3.8, 4) is 0 Å². The van der Waals surface area contributed by atoms with Gasteiger partial charge in [-0.15, -0.1) is 0 Å². The van der Waals surface area contributed by atoms with Crippen LogP contribution in [-0.4, -0.2) is 24.2 Å². The summed E-state index contributed by atoms with van der Waals surface area (Å²) in [5.41, 5.74) is 0.771. The van der Waals surface area contributed by atoms with Crippen molar-refractivity contribution in [2.45, 2.75) is 126 Å². The van der Waals surface area contributed by atoms with Crippen LogP contribution in [-0.2, 0) is 11.2 Å². The zero-order valence-electron chi connectivity index (χ0n) is 24.1. The predicted molar refractivity (Wildman–Crippen MR) is 154 cm³/mol. The summed E-state index contributed by atoms with van der Waals surface area (Å²) in [6.07, 6.45) is 16.1. The standard InChI is InChI=1S/C21H33ClN2O2.C7H16.C2H6/c1-5-6-19(26-16(4)11-15(2)3)21(7-9-23-10-8-21)13-17-12-18(22)20(25)24-14-17;1-3-5-7-6-4-2;1-2/h6,12,14-16,23H,5,7-11,13H2,1-4H3,(H,24,25);3-7H2,1-2H3;1-2H3/b19-6+;;. The monoisotopic (exact) mass is 510 g/mol. The summed E-state index contributed by atoms with van der Waals surface area (Å²) < 4.78 is 6.50. The molecule has 1 aliphatic rings. The van der Waals surface area contributed by atoms with Gasteiger partial charge in [-0.25, -0.2) is 0 Å². The van der Waals surface area contributed by atoms with E-state index in [1.807, 2.05) is 13.8 Å². The third-order valence-corrected chi connectivity index (χ3v) is 6.55. The zero-order valence-corrected chi connectivity index (χ0v) is 24.8. The van der Waals surface area contributed by atoms with Crippen LogP contribution in [0, 0.1) is 11.3 Å². The first-order valence-corrected chi connectivity index (χ1v) is 14.6. The molecule has 0 bridgehead atoms. The maximum Gasteiger partial charge on any atom is 0.266 e. The average molecular weight is 511 g/mol. The number of piperidine rings is 1. The summed E-state index contributed by atoms with van der Waals surface area (Å²) >= 11 is 6.06. The predicted octanol–water partition coefficient (Wildman–Crippen LogP) is 8.69. The number of ether oxygens (including phenoxy) is 1. The molecular formula is C30H55ClN2O2. The van der Waals surface area contributed by atoms with Crippen molar-refractivity contribution < 1.29 is 4.74 Å². The Labute approximate surface area is 221 Å². The number of aromatic nitrogens is 1. The van der Waals surface area contributed by atoms with Crippen molar-refractivity contribution in [3.05, 3.63) is 45.0 Å². The average Bonchev–Trinajstić information content (AvgIpc) is 2.83. The summed E-state index contributed by atoms with van der Waals surface area (Å²) in [6, 6.07) is 1.80. The summed E-state index contributed by atoms with van der Waals surface area (Å²) in [5, 5.41) is 3.71. The number of hydrogen-bond donors (Lipinski definition) is 2. The van der Waals surface area contributed by atoms with Gasteiger partial charge in [0.25, 0.3) is 5.56 Å². The van der Waals surface area contributed by atoms with E-state index in [1.54, 1.807) is 12.3 Å². The van der Waals surface area contributed by atoms with E-state index in [4.69, 9.17) is 16.3 Å². The molecular weight excluding hydrogens is 456 g/mol. The molecule has 0 aliphatic carbocycles. The Kier molecular flexibility index (Phi) is 19.2. The quantitative estimate of drug-likeness (QED) is 0.218. The number of allylic oxidation sites excluding steroid dienone is 2. The number of unbranched alkanes of at least 4 members (excludes halogenated alkanes) is 4. The lowest BCUT2D eigenvalue weighted by Gasteiger charge is -2.40. The lowest BCUT2D eigenvalue weighted by Crippen LogP contribution is -2.41. The fourth-order valence-corrected chi connectivity index (χ4v) is 4.78. The maximum absolute atomic E-state index is 11.6. The van der Waals surface area contributed by atoms with E-state index in [0.29, 0.717) is 5.92 Å². The highest BCUT2D eigenvalue weighted by atomic mass is 35.5. The molecule has 0 amide bonds. The summed E-state index contributed by atoms with van der Waals surface area (Å²) in [6.45, 7) is 19.2. The van der Waals surface area contributed by atoms with E-state index in [-0.39, 0.29) is 22.1 Å². The molecule has 1 atom stereocenters. The van der Waals surface area contributed by atoms with Crippen LogP contribution in [0.15, 0.2) is 28.9 Å². The van der Waals surface area contributed by atoms with Crippen molar-refractivity contribution in [3.63, 3.8) is 0 Å². The first kappa shape index (κ1) is 33.7. The van der Waals surface area contributed by atoms with Gasteiger partial charge in [0.2, 0.25) is 0 Å². The Bertz CT molecular complexity index is 732. The fraction of sp³-hybridized carbons (Fsp3) is 0.767. The van der Waals surface area contributed by atoms with Crippen molar-refractivity contribution >= 4 is 11.6 Å². The van der Waals surface area contributed by atoms with Crippen LogP contribution in [0.5, 0.6) is 0 Å². The largest absolute Gasteiger partial charge is 0.495 e. The molecule has 0 aromatic carbocycles. The molecule has 1 aliphatic heterocycles. The second kappa shape index (κ2) is 19.9. The molecule has 35 heavy (non-hydrogen) atoms. The van der Waals surface area contributed by atoms with E-state index in [9.17, 15) is 4.79 Å². The van der Waals surface area contributed by atoms with E-state index in [0.717, 1.165) is 56.5 Å². The van der Waals surface area contributed by atoms with E-state index < -0.39 is 0 Å². The molecule has 2 N–H and O–H groups in total. The minimum atomic E-state index is -0.235. The number of nitrogens with one attached hydrogen (secondary N) is 2. The Morgan fingerprint density at radius 1 is 1.09 bits per heavy atom. The summed E-state index contributed by atoms with van der Waals surface area (Å²) in [4.78, 5) is 14.3. The van der Waals surface area contributed by atoms with Crippen molar-refractivity contribution in [1.29, 1.82) is 0 Å². The van der Waals surface area contributed by atoms with Crippen LogP contribution in [0.2, 0.25) is 5.02 Å². The lowest BCUT2D eigenvalue weighted by atomic mass is 9.72. The Balaban J connectivity index is 0.00000110. The van der Waals surface area contributed by atoms with E-state index in [2.05, 4.69) is 57.9 Å². The first-order valence-electron chi connectivity index (χ1n) is 14.2. The Morgan fingerprint density at radius 2 is 1.69 bits per heavy atom. The molecule has 1 unspecified atom stereocenters. The molecule has 1 fully saturated rings. The topological polar surface area (TPSA) is 54.1 Å². The van der Waals surface area contributed by atoms with Crippen LogP contribution in [0.4, 0.5) is 0 Å². The molecule has 2 heterocycles. The normalized spacial score (nSPS) is 16.0. The highest BCUT2D eigenvalue weighted by Gasteiger charge is 2.38. The number of hydrogen-bond acceptors (Lipinski definition) is 3. The van der Waals surface area contributed by atoms with Gasteiger partial charge in [0.05, 0.1) is 11.9 Å². The molecule has 0 radical (unpaired) electrons. The second-order valence-corrected chi connectivity index (χ2v) is 10.4. The first-order chi connectivity index (χ1) is 16.8. The molecule has 1 aromatic heterocycles. The van der Waals surface area contributed by atoms with Crippen molar-refractivity contribution in [2.24, 2.45) is 11.3 Å². The van der Waals surface area contributed by atoms with Crippen LogP contribution >= 0.6 is 11.6 Å². The second-order valence-electron chi connectivity index (χ2n) is 9.99. The van der Waals surface area contributed by atoms with Crippen molar-refractivity contribution in [2.75, 3.05) is 13.1 Å². The molecule has 1 saturated heterocycles. The summed E-state index contributed by atoms with van der Waals surface area (Å²) in [5.74, 6) is 1.71. The van der Waals surface area contributed by atoms with Crippen LogP contribution < -0.4 is 10.9 Å². The van der Waals surface area contributed by atoms with Crippen LogP contribution in [0.3, 0.4) is 0 Å². The minimum absolute atomic E-state index is 0.0476. The molecule has 204 valence electrons. The number of pyridine rings is 1. The van der Waals surface area contributed by atoms with Gasteiger partial charge in [-0.2, -0.15) is 0 Å². The van der Waals surface area contributed by atoms with Crippen molar-refractivity contribution in [1.82, 2.24) is 10.3 Å². The molecule has 1 aromatic rings. The third kappa shape index (κ3) is 13.6. The van der Waals surface area contributed by atoms with Gasteiger partial charge >= 0.3 is 0 Å². The number of H-pyrrole nitrogens is 1. The third-order valence-electron chi connectivity index (χ3n) is 6.27. The highest BCUT2D eigenvalue weighted by molar-refractivity contribution is 6.30. The highest BCUT2D eigenvalue weighted by Crippen LogP contribution is 2.42. The summed E-state index contributed by atoms with van der Waals surface area (Å²) in [7, 11) is 0. The number of halogens is 1. The molecule has 2 rings (SSSR count). The zero-order chi connectivity index (χ0) is 26.7. The smallest absolute Gasteiger partial charge is 0.266 e. The van der Waals surface area contributed by atoms with Crippen LogP contribution in [0.25, 0.3) is 0 Å². The van der Waals surface area contributed by atoms with E-state index >= 15 is 0 Å². The van der Waals surface area contributed by atoms with Gasteiger partial charge in [0.1, 0.15) is 5.02 Å². The lowest BCUT2D eigenvalue weighted by molar-refractivity contribution is 0.0434. The van der Waals surface area contributed by atoms with Gasteiger partial charge in [-0.3, -0.25) is 4.79 Å². The molecule has 4 nitrogen and oxygen atoms in total. The molecule has 5 heteroatoms. The van der Waals surface area contributed by atoms with E-state index in [1.165, 1.54) is 32.1 Å². The number of rotatable bonds is 12. The van der Waals surface area contributed by atoms with Gasteiger partial charge in [0.15, 0.2) is 0 Å². The number of aromatic amines is 1. The minimum Gasteiger partial charge on any atom is -0.495 e. The maximum atomic E-state index is 11.6. The van der Waals surface area contributed by atoms with Gasteiger partial charge in [-0.1, -0.05) is 92.2 Å². The van der Waals surface area contributed by atoms with Gasteiger partial charge in [0, 0.05) is 11.6 Å². The SMILES string of the molecule is CC.CC/C=C(/OC(C)CC(C)C)C1(Cc2c[nH]c(=O)c(Cl)c2)CCNCC1.CCCCCCC. The Morgan fingerprint density at radius 3 is 2.17 bits per heavy atom. The van der Waals surface area contributed by atoms with Crippen LogP contribution in [0.1, 0.15) is 119 Å². The molecule has 0 saturated carbocycles. The van der Waals surface area contributed by atoms with Gasteiger partial charge < -0.3 is 15.0 Å². The molecule has 0 spiro atoms. The van der Waals surface area contributed by atoms with Gasteiger partial charge in [-0.05, 0) is 75.7 Å². The Hall–Kier alpha value is -1.26.